The number of aryl methyl sites for hydroxylation is 4. The van der Waals surface area contributed by atoms with Gasteiger partial charge in [-0.3, -0.25) is 0 Å². The van der Waals surface area contributed by atoms with Gasteiger partial charge in [-0.25, -0.2) is 9.59 Å². The Bertz CT molecular complexity index is 2570. The predicted molar refractivity (Wildman–Crippen MR) is 230 cm³/mol. The summed E-state index contributed by atoms with van der Waals surface area (Å²) in [5.41, 5.74) is 10.6. The minimum Gasteiger partial charge on any atom is -0.465 e. The maximum atomic E-state index is 12.4. The molecule has 8 nitrogen and oxygen atoms in total. The van der Waals surface area contributed by atoms with Gasteiger partial charge in [-0.2, -0.15) is 8.75 Å². The van der Waals surface area contributed by atoms with Crippen molar-refractivity contribution >= 4 is 57.4 Å². The van der Waals surface area contributed by atoms with Crippen LogP contribution in [0.1, 0.15) is 43.0 Å². The summed E-state index contributed by atoms with van der Waals surface area (Å²) in [4.78, 5) is 28.8. The first-order chi connectivity index (χ1) is 27.6. The Balaban J connectivity index is 1.40. The highest BCUT2D eigenvalue weighted by atomic mass is 32.1. The molecule has 3 aromatic heterocycles. The minimum atomic E-state index is -0.450. The van der Waals surface area contributed by atoms with E-state index in [-0.39, 0.29) is 0 Å². The smallest absolute Gasteiger partial charge is 0.337 e. The molecular formula is C46H36N2O6S3. The van der Waals surface area contributed by atoms with Crippen molar-refractivity contribution in [1.82, 2.24) is 8.75 Å². The lowest BCUT2D eigenvalue weighted by atomic mass is 10.0. The molecule has 0 atom stereocenters. The molecule has 0 bridgehead atoms. The Morgan fingerprint density at radius 1 is 0.456 bits per heavy atom. The quantitative estimate of drug-likeness (QED) is 0.126. The Kier molecular flexibility index (Phi) is 10.5. The second kappa shape index (κ2) is 15.8. The first-order valence-corrected chi connectivity index (χ1v) is 20.4. The fraction of sp³-hybridized carbons (Fsp3) is 0.130. The molecule has 8 rings (SSSR count). The van der Waals surface area contributed by atoms with Crippen molar-refractivity contribution in [3.05, 3.63) is 143 Å². The lowest BCUT2D eigenvalue weighted by Gasteiger charge is -2.20. The van der Waals surface area contributed by atoms with E-state index in [1.165, 1.54) is 47.6 Å². The molecule has 3 heterocycles. The van der Waals surface area contributed by atoms with Crippen LogP contribution in [0.3, 0.4) is 0 Å². The number of thiophene rings is 2. The van der Waals surface area contributed by atoms with Gasteiger partial charge in [-0.15, -0.1) is 22.7 Å². The summed E-state index contributed by atoms with van der Waals surface area (Å²) in [5.74, 6) is 0.882. The van der Waals surface area contributed by atoms with Crippen molar-refractivity contribution in [3.63, 3.8) is 0 Å². The van der Waals surface area contributed by atoms with Gasteiger partial charge in [-0.1, -0.05) is 36.4 Å². The van der Waals surface area contributed by atoms with E-state index < -0.39 is 11.9 Å². The van der Waals surface area contributed by atoms with E-state index in [4.69, 9.17) is 27.7 Å². The molecule has 0 radical (unpaired) electrons. The van der Waals surface area contributed by atoms with Crippen molar-refractivity contribution in [2.24, 2.45) is 0 Å². The molecule has 57 heavy (non-hydrogen) atoms. The Morgan fingerprint density at radius 3 is 1.12 bits per heavy atom. The van der Waals surface area contributed by atoms with Crippen LogP contribution in [0, 0.1) is 27.7 Å². The molecule has 0 fully saturated rings. The number of carbonyl (C=O) groups is 2. The van der Waals surface area contributed by atoms with E-state index in [2.05, 4.69) is 88.4 Å². The number of nitrogens with zero attached hydrogens (tertiary/aromatic N) is 2. The lowest BCUT2D eigenvalue weighted by molar-refractivity contribution is 0.0592. The maximum absolute atomic E-state index is 12.4. The third kappa shape index (κ3) is 7.21. The third-order valence-electron chi connectivity index (χ3n) is 9.77. The average Bonchev–Trinajstić information content (AvgIpc) is 4.01. The van der Waals surface area contributed by atoms with E-state index >= 15 is 0 Å². The molecule has 0 aliphatic heterocycles. The van der Waals surface area contributed by atoms with Gasteiger partial charge < -0.3 is 18.9 Å². The van der Waals surface area contributed by atoms with Crippen LogP contribution in [-0.4, -0.2) is 34.9 Å². The molecule has 0 aliphatic rings. The Morgan fingerprint density at radius 2 is 0.789 bits per heavy atom. The first kappa shape index (κ1) is 37.8. The number of hydrogen-bond donors (Lipinski definition) is 0. The minimum absolute atomic E-state index is 0.390. The summed E-state index contributed by atoms with van der Waals surface area (Å²) < 4.78 is 33.6. The van der Waals surface area contributed by atoms with Gasteiger partial charge in [0.25, 0.3) is 0 Å². The number of esters is 2. The molecule has 284 valence electrons. The maximum Gasteiger partial charge on any atom is 0.337 e. The third-order valence-corrected chi connectivity index (χ3v) is 12.5. The van der Waals surface area contributed by atoms with Gasteiger partial charge in [-0.05, 0) is 134 Å². The van der Waals surface area contributed by atoms with E-state index in [9.17, 15) is 9.59 Å². The van der Waals surface area contributed by atoms with E-state index in [0.29, 0.717) is 45.2 Å². The second-order valence-corrected chi connectivity index (χ2v) is 16.2. The zero-order valence-corrected chi connectivity index (χ0v) is 34.4. The van der Waals surface area contributed by atoms with Crippen LogP contribution in [0.25, 0.3) is 52.8 Å². The van der Waals surface area contributed by atoms with Crippen LogP contribution in [0.2, 0.25) is 0 Å². The highest BCUT2D eigenvalue weighted by Crippen LogP contribution is 2.56. The van der Waals surface area contributed by atoms with Crippen LogP contribution >= 0.6 is 34.4 Å². The zero-order chi connectivity index (χ0) is 39.8. The van der Waals surface area contributed by atoms with Gasteiger partial charge in [0.05, 0.1) is 48.2 Å². The summed E-state index contributed by atoms with van der Waals surface area (Å²) >= 11 is 4.41. The van der Waals surface area contributed by atoms with E-state index in [1.807, 2.05) is 0 Å². The van der Waals surface area contributed by atoms with Crippen molar-refractivity contribution in [1.29, 1.82) is 0 Å². The number of carbonyl (C=O) groups excluding carboxylic acids is 2. The number of hydrogen-bond acceptors (Lipinski definition) is 11. The number of rotatable bonds is 10. The molecule has 0 saturated heterocycles. The topological polar surface area (TPSA) is 96.8 Å². The largest absolute Gasteiger partial charge is 0.465 e. The molecule has 0 spiro atoms. The number of benzene rings is 5. The fourth-order valence-corrected chi connectivity index (χ4v) is 10.0. The van der Waals surface area contributed by atoms with Crippen LogP contribution in [-0.2, 0) is 9.47 Å². The molecule has 5 aromatic carbocycles. The number of fused-ring (bicyclic) bond motifs is 1. The van der Waals surface area contributed by atoms with Crippen LogP contribution in [0.15, 0.2) is 109 Å². The highest BCUT2D eigenvalue weighted by molar-refractivity contribution is 7.19. The van der Waals surface area contributed by atoms with Gasteiger partial charge in [0.2, 0.25) is 0 Å². The number of ether oxygens (including phenoxy) is 4. The Hall–Kier alpha value is -6.14. The van der Waals surface area contributed by atoms with Gasteiger partial charge in [0.1, 0.15) is 22.5 Å². The van der Waals surface area contributed by atoms with E-state index in [0.717, 1.165) is 42.4 Å². The van der Waals surface area contributed by atoms with Crippen LogP contribution in [0.4, 0.5) is 0 Å². The molecule has 8 aromatic rings. The summed E-state index contributed by atoms with van der Waals surface area (Å²) in [7, 11) is 2.70. The van der Waals surface area contributed by atoms with Crippen molar-refractivity contribution < 1.29 is 28.5 Å². The van der Waals surface area contributed by atoms with E-state index in [1.54, 1.807) is 71.2 Å². The van der Waals surface area contributed by atoms with Crippen LogP contribution < -0.4 is 9.47 Å². The normalized spacial score (nSPS) is 11.1. The fourth-order valence-electron chi connectivity index (χ4n) is 7.02. The molecule has 0 amide bonds. The predicted octanol–water partition coefficient (Wildman–Crippen LogP) is 12.9. The van der Waals surface area contributed by atoms with Crippen molar-refractivity contribution in [2.45, 2.75) is 27.7 Å². The number of methoxy groups -OCH3 is 2. The average molecular weight is 809 g/mol. The van der Waals surface area contributed by atoms with Crippen molar-refractivity contribution in [2.75, 3.05) is 14.2 Å². The first-order valence-electron chi connectivity index (χ1n) is 18.0. The van der Waals surface area contributed by atoms with Gasteiger partial charge in [0.15, 0.2) is 11.5 Å². The van der Waals surface area contributed by atoms with Crippen LogP contribution in [0.5, 0.6) is 23.0 Å². The van der Waals surface area contributed by atoms with Gasteiger partial charge >= 0.3 is 11.9 Å². The summed E-state index contributed by atoms with van der Waals surface area (Å²) in [6, 6.07) is 34.6. The molecule has 0 saturated carbocycles. The molecule has 0 aliphatic carbocycles. The standard InChI is InChI=1S/C46H36N2O6S3/c1-25-9-7-10-26(2)37(25)33-21-23-35(55-33)39-41-42(48-57-47-41)40(36-24-22-34(56-36)38-27(3)11-8-12-28(38)4)44(54-32-19-15-30(16-20-32)46(50)52-6)43(39)53-31-17-13-29(14-18-31)45(49)51-5/h7-24H,1-6H3. The SMILES string of the molecule is COC(=O)c1ccc(Oc2c(Oc3ccc(C(=O)OC)cc3)c(-c3ccc(-c4c(C)cccc4C)s3)c3nsnc3c2-c2ccc(-c3c(C)cccc3C)s2)cc1. The zero-order valence-electron chi connectivity index (χ0n) is 32.0. The monoisotopic (exact) mass is 808 g/mol. The van der Waals surface area contributed by atoms with Gasteiger partial charge in [0, 0.05) is 19.5 Å². The molecule has 11 heteroatoms. The molecular weight excluding hydrogens is 773 g/mol. The van der Waals surface area contributed by atoms with Crippen molar-refractivity contribution in [3.8, 4) is 64.8 Å². The summed E-state index contributed by atoms with van der Waals surface area (Å²) in [6.07, 6.45) is 0. The highest BCUT2D eigenvalue weighted by Gasteiger charge is 2.30. The Labute approximate surface area is 342 Å². The number of aromatic nitrogens is 2. The molecule has 0 unspecified atom stereocenters. The summed E-state index contributed by atoms with van der Waals surface area (Å²) in [5, 5.41) is 0. The second-order valence-electron chi connectivity index (χ2n) is 13.5. The molecule has 0 N–H and O–H groups in total. The summed E-state index contributed by atoms with van der Waals surface area (Å²) in [6.45, 7) is 8.49. The lowest BCUT2D eigenvalue weighted by Crippen LogP contribution is -2.01.